The minimum Gasteiger partial charge on any atom is -0.352 e. The Hall–Kier alpha value is -2.08. The molecule has 3 rings (SSSR count). The van der Waals surface area contributed by atoms with Crippen molar-refractivity contribution in [2.75, 3.05) is 6.54 Å². The van der Waals surface area contributed by atoms with Crippen molar-refractivity contribution in [2.24, 2.45) is 11.8 Å². The molecule has 1 saturated heterocycles. The van der Waals surface area contributed by atoms with Crippen LogP contribution in [0, 0.1) is 11.8 Å². The van der Waals surface area contributed by atoms with Crippen LogP contribution in [0.1, 0.15) is 51.0 Å². The third-order valence-corrected chi connectivity index (χ3v) is 6.12. The zero-order chi connectivity index (χ0) is 20.1. The topological polar surface area (TPSA) is 78.5 Å². The van der Waals surface area contributed by atoms with Crippen LogP contribution < -0.4 is 10.6 Å². The van der Waals surface area contributed by atoms with E-state index >= 15 is 0 Å². The Morgan fingerprint density at radius 2 is 2.04 bits per heavy atom. The van der Waals surface area contributed by atoms with E-state index in [1.165, 1.54) is 4.90 Å². The van der Waals surface area contributed by atoms with Gasteiger partial charge in [-0.1, -0.05) is 49.6 Å². The zero-order valence-corrected chi connectivity index (χ0v) is 17.0. The number of carbonyl (C=O) groups excluding carboxylic acids is 3. The first-order valence-corrected chi connectivity index (χ1v) is 10.5. The van der Waals surface area contributed by atoms with E-state index in [0.717, 1.165) is 24.8 Å². The van der Waals surface area contributed by atoms with Gasteiger partial charge in [0.05, 0.1) is 5.92 Å². The van der Waals surface area contributed by atoms with Crippen molar-refractivity contribution in [1.82, 2.24) is 15.5 Å². The summed E-state index contributed by atoms with van der Waals surface area (Å²) in [5.41, 5.74) is 0.870. The monoisotopic (exact) mass is 405 g/mol. The molecule has 1 aliphatic heterocycles. The fourth-order valence-corrected chi connectivity index (χ4v) is 4.30. The minimum atomic E-state index is -0.320. The van der Waals surface area contributed by atoms with Gasteiger partial charge in [0.25, 0.3) is 0 Å². The molecular formula is C21H28ClN3O3. The Morgan fingerprint density at radius 3 is 2.79 bits per heavy atom. The Kier molecular flexibility index (Phi) is 6.94. The van der Waals surface area contributed by atoms with Gasteiger partial charge in [0.2, 0.25) is 11.8 Å². The second kappa shape index (κ2) is 9.41. The molecule has 7 heteroatoms. The van der Waals surface area contributed by atoms with Gasteiger partial charge in [-0.25, -0.2) is 4.79 Å². The number of amides is 4. The highest BCUT2D eigenvalue weighted by Crippen LogP contribution is 2.33. The summed E-state index contributed by atoms with van der Waals surface area (Å²) in [7, 11) is 0. The number of imide groups is 1. The van der Waals surface area contributed by atoms with Crippen LogP contribution in [0.3, 0.4) is 0 Å². The van der Waals surface area contributed by atoms with Crippen LogP contribution in [0.4, 0.5) is 4.79 Å². The highest BCUT2D eigenvalue weighted by atomic mass is 35.5. The normalized spacial score (nSPS) is 24.5. The largest absolute Gasteiger partial charge is 0.352 e. The highest BCUT2D eigenvalue weighted by Gasteiger charge is 2.45. The average Bonchev–Trinajstić information content (AvgIpc) is 2.69. The van der Waals surface area contributed by atoms with E-state index < -0.39 is 0 Å². The highest BCUT2D eigenvalue weighted by molar-refractivity contribution is 6.31. The van der Waals surface area contributed by atoms with Crippen molar-refractivity contribution in [3.8, 4) is 0 Å². The standard InChI is InChI=1S/C21H28ClN3O3/c1-2-3-6-11-25-20(27)16-10-9-14(12-18(16)24-21(25)28)19(26)23-13-15-7-4-5-8-17(15)22/h4-5,7-8,14,16,18H,2-3,6,9-13H2,1H3,(H,23,26)(H,24,28). The third-order valence-electron chi connectivity index (χ3n) is 5.75. The van der Waals surface area contributed by atoms with Crippen LogP contribution >= 0.6 is 11.6 Å². The summed E-state index contributed by atoms with van der Waals surface area (Å²) < 4.78 is 0. The first-order valence-electron chi connectivity index (χ1n) is 10.1. The summed E-state index contributed by atoms with van der Waals surface area (Å²) in [6.07, 6.45) is 4.65. The molecule has 6 nitrogen and oxygen atoms in total. The minimum absolute atomic E-state index is 0.0505. The zero-order valence-electron chi connectivity index (χ0n) is 16.2. The molecule has 2 fully saturated rings. The van der Waals surface area contributed by atoms with E-state index in [9.17, 15) is 14.4 Å². The van der Waals surface area contributed by atoms with Crippen molar-refractivity contribution < 1.29 is 14.4 Å². The van der Waals surface area contributed by atoms with Crippen molar-refractivity contribution in [3.05, 3.63) is 34.9 Å². The van der Waals surface area contributed by atoms with Gasteiger partial charge in [-0.05, 0) is 37.3 Å². The molecule has 0 aromatic heterocycles. The Labute approximate surface area is 171 Å². The van der Waals surface area contributed by atoms with E-state index in [4.69, 9.17) is 11.6 Å². The summed E-state index contributed by atoms with van der Waals surface area (Å²) >= 11 is 6.13. The summed E-state index contributed by atoms with van der Waals surface area (Å²) in [5, 5.41) is 6.52. The van der Waals surface area contributed by atoms with E-state index in [1.807, 2.05) is 18.2 Å². The number of urea groups is 1. The molecule has 1 aromatic carbocycles. The summed E-state index contributed by atoms with van der Waals surface area (Å²) in [6.45, 7) is 2.94. The van der Waals surface area contributed by atoms with Crippen molar-refractivity contribution in [3.63, 3.8) is 0 Å². The van der Waals surface area contributed by atoms with E-state index in [1.54, 1.807) is 6.07 Å². The number of hydrogen-bond donors (Lipinski definition) is 2. The molecule has 0 radical (unpaired) electrons. The fourth-order valence-electron chi connectivity index (χ4n) is 4.10. The summed E-state index contributed by atoms with van der Waals surface area (Å²) in [4.78, 5) is 39.0. The van der Waals surface area contributed by atoms with Gasteiger partial charge in [0, 0.05) is 30.1 Å². The molecule has 0 spiro atoms. The molecule has 152 valence electrons. The molecule has 1 aliphatic carbocycles. The predicted molar refractivity (Wildman–Crippen MR) is 108 cm³/mol. The SMILES string of the molecule is CCCCCN1C(=O)NC2CC(C(=O)NCc3ccccc3Cl)CCC2C1=O. The summed E-state index contributed by atoms with van der Waals surface area (Å²) in [6, 6.07) is 6.83. The molecule has 2 aliphatic rings. The second-order valence-electron chi connectivity index (χ2n) is 7.68. The fraction of sp³-hybridized carbons (Fsp3) is 0.571. The smallest absolute Gasteiger partial charge is 0.324 e. The van der Waals surface area contributed by atoms with Crippen LogP contribution in [0.2, 0.25) is 5.02 Å². The number of nitrogens with one attached hydrogen (secondary N) is 2. The van der Waals surface area contributed by atoms with Gasteiger partial charge in [-0.3, -0.25) is 14.5 Å². The lowest BCUT2D eigenvalue weighted by molar-refractivity contribution is -0.139. The first kappa shape index (κ1) is 20.6. The molecule has 1 heterocycles. The molecule has 3 unspecified atom stereocenters. The third kappa shape index (κ3) is 4.66. The Bertz CT molecular complexity index is 739. The lowest BCUT2D eigenvalue weighted by Gasteiger charge is -2.42. The Balaban J connectivity index is 1.54. The molecule has 1 aromatic rings. The summed E-state index contributed by atoms with van der Waals surface area (Å²) in [5.74, 6) is -0.555. The maximum Gasteiger partial charge on any atom is 0.324 e. The number of benzene rings is 1. The van der Waals surface area contributed by atoms with Gasteiger partial charge < -0.3 is 10.6 Å². The van der Waals surface area contributed by atoms with Gasteiger partial charge in [-0.15, -0.1) is 0 Å². The second-order valence-corrected chi connectivity index (χ2v) is 8.09. The van der Waals surface area contributed by atoms with Crippen LogP contribution in [-0.2, 0) is 16.1 Å². The molecular weight excluding hydrogens is 378 g/mol. The molecule has 28 heavy (non-hydrogen) atoms. The van der Waals surface area contributed by atoms with E-state index in [0.29, 0.717) is 37.4 Å². The number of unbranched alkanes of at least 4 members (excludes halogenated alkanes) is 2. The van der Waals surface area contributed by atoms with Gasteiger partial charge in [0.15, 0.2) is 0 Å². The van der Waals surface area contributed by atoms with Crippen molar-refractivity contribution in [1.29, 1.82) is 0 Å². The number of hydrogen-bond acceptors (Lipinski definition) is 3. The molecule has 0 bridgehead atoms. The Morgan fingerprint density at radius 1 is 1.25 bits per heavy atom. The number of rotatable bonds is 7. The molecule has 4 amide bonds. The van der Waals surface area contributed by atoms with E-state index in [-0.39, 0.29) is 35.7 Å². The quantitative estimate of drug-likeness (QED) is 0.681. The van der Waals surface area contributed by atoms with Gasteiger partial charge in [-0.2, -0.15) is 0 Å². The lowest BCUT2D eigenvalue weighted by Crippen LogP contribution is -2.62. The van der Waals surface area contributed by atoms with Gasteiger partial charge in [0.1, 0.15) is 0 Å². The lowest BCUT2D eigenvalue weighted by atomic mass is 9.76. The van der Waals surface area contributed by atoms with Crippen LogP contribution in [0.5, 0.6) is 0 Å². The molecule has 3 atom stereocenters. The van der Waals surface area contributed by atoms with E-state index in [2.05, 4.69) is 17.6 Å². The number of fused-ring (bicyclic) bond motifs is 1. The number of carbonyl (C=O) groups is 3. The van der Waals surface area contributed by atoms with Gasteiger partial charge >= 0.3 is 6.03 Å². The molecule has 2 N–H and O–H groups in total. The maximum atomic E-state index is 12.7. The van der Waals surface area contributed by atoms with Crippen LogP contribution in [-0.4, -0.2) is 35.3 Å². The van der Waals surface area contributed by atoms with Crippen molar-refractivity contribution in [2.45, 2.75) is 58.0 Å². The molecule has 1 saturated carbocycles. The number of nitrogens with zero attached hydrogens (tertiary/aromatic N) is 1. The van der Waals surface area contributed by atoms with Crippen LogP contribution in [0.25, 0.3) is 0 Å². The number of halogens is 1. The first-order chi connectivity index (χ1) is 13.5. The van der Waals surface area contributed by atoms with Crippen molar-refractivity contribution >= 4 is 29.4 Å². The average molecular weight is 406 g/mol. The predicted octanol–water partition coefficient (Wildman–Crippen LogP) is 3.48. The maximum absolute atomic E-state index is 12.7. The van der Waals surface area contributed by atoms with Crippen LogP contribution in [0.15, 0.2) is 24.3 Å².